The number of ether oxygens (including phenoxy) is 2. The average Bonchev–Trinajstić information content (AvgIpc) is 3.11. The molecule has 0 fully saturated rings. The minimum Gasteiger partial charge on any atom is -0.495 e. The van der Waals surface area contributed by atoms with Crippen molar-refractivity contribution in [2.75, 3.05) is 24.7 Å². The molecule has 1 heterocycles. The number of nitrogens with zero attached hydrogens (tertiary/aromatic N) is 2. The predicted octanol–water partition coefficient (Wildman–Crippen LogP) is 2.49. The smallest absolute Gasteiger partial charge is 0.316 e. The number of anilines is 1. The van der Waals surface area contributed by atoms with Gasteiger partial charge in [0.05, 0.1) is 20.0 Å². The summed E-state index contributed by atoms with van der Waals surface area (Å²) >= 11 is 2.18. The van der Waals surface area contributed by atoms with Gasteiger partial charge in [-0.05, 0) is 48.9 Å². The molecule has 0 saturated heterocycles. The van der Waals surface area contributed by atoms with Crippen molar-refractivity contribution >= 4 is 44.2 Å². The zero-order valence-corrected chi connectivity index (χ0v) is 17.3. The summed E-state index contributed by atoms with van der Waals surface area (Å²) in [5, 5.41) is 7.84. The van der Waals surface area contributed by atoms with E-state index in [0.717, 1.165) is 59.9 Å². The second-order valence-electron chi connectivity index (χ2n) is 5.82. The minimum atomic E-state index is -3.88. The van der Waals surface area contributed by atoms with Crippen LogP contribution >= 0.6 is 23.1 Å². The number of aromatic nitrogens is 2. The van der Waals surface area contributed by atoms with Gasteiger partial charge in [-0.15, -0.1) is 10.2 Å². The Kier molecular flexibility index (Phi) is 6.22. The fourth-order valence-electron chi connectivity index (χ4n) is 2.77. The molecule has 0 saturated carbocycles. The van der Waals surface area contributed by atoms with Gasteiger partial charge in [-0.2, -0.15) is 0 Å². The molecule has 1 aromatic carbocycles. The highest BCUT2D eigenvalue weighted by atomic mass is 32.2. The number of fused-ring (bicyclic) bond motifs is 1. The molecule has 1 aromatic heterocycles. The van der Waals surface area contributed by atoms with Crippen LogP contribution in [0.25, 0.3) is 0 Å². The summed E-state index contributed by atoms with van der Waals surface area (Å²) in [5.41, 5.74) is 2.17. The summed E-state index contributed by atoms with van der Waals surface area (Å²) in [6, 6.07) is 3.49. The van der Waals surface area contributed by atoms with E-state index in [0.29, 0.717) is 10.1 Å². The van der Waals surface area contributed by atoms with Crippen molar-refractivity contribution < 1.29 is 22.7 Å². The van der Waals surface area contributed by atoms with Crippen molar-refractivity contribution in [2.24, 2.45) is 0 Å². The van der Waals surface area contributed by atoms with Crippen LogP contribution in [0.1, 0.15) is 24.0 Å². The number of nitrogens with one attached hydrogen (secondary N) is 1. The average molecular weight is 430 g/mol. The highest BCUT2D eigenvalue weighted by molar-refractivity contribution is 8.01. The molecular weight excluding hydrogens is 410 g/mol. The third kappa shape index (κ3) is 4.71. The van der Waals surface area contributed by atoms with Crippen molar-refractivity contribution in [2.45, 2.75) is 34.9 Å². The van der Waals surface area contributed by atoms with Gasteiger partial charge in [0.25, 0.3) is 10.0 Å². The summed E-state index contributed by atoms with van der Waals surface area (Å²) in [4.78, 5) is 11.3. The van der Waals surface area contributed by atoms with Crippen molar-refractivity contribution in [3.63, 3.8) is 0 Å². The molecule has 8 nitrogen and oxygen atoms in total. The number of sulfonamides is 1. The predicted molar refractivity (Wildman–Crippen MR) is 103 cm³/mol. The summed E-state index contributed by atoms with van der Waals surface area (Å²) in [5.74, 6) is 0.000335. The number of benzene rings is 1. The molecule has 1 aliphatic rings. The molecule has 11 heteroatoms. The third-order valence-corrected chi connectivity index (χ3v) is 7.52. The van der Waals surface area contributed by atoms with E-state index in [9.17, 15) is 13.2 Å². The van der Waals surface area contributed by atoms with Gasteiger partial charge in [0.2, 0.25) is 5.13 Å². The fraction of sp³-hybridized carbons (Fsp3) is 0.438. The highest BCUT2D eigenvalue weighted by Gasteiger charge is 2.24. The standard InChI is InChI=1S/C16H19N3O5S3/c1-23-12-7-10-5-3-4-6-11(10)8-13(12)27(21,22)19-15-17-18-16(26-15)25-9-14(20)24-2/h7-8H,3-6,9H2,1-2H3,(H,17,19). The maximum Gasteiger partial charge on any atom is 0.316 e. The van der Waals surface area contributed by atoms with E-state index in [2.05, 4.69) is 19.7 Å². The summed E-state index contributed by atoms with van der Waals surface area (Å²) in [6.07, 6.45) is 3.92. The van der Waals surface area contributed by atoms with Crippen LogP contribution in [0.5, 0.6) is 5.75 Å². The van der Waals surface area contributed by atoms with E-state index in [4.69, 9.17) is 4.74 Å². The van der Waals surface area contributed by atoms with Gasteiger partial charge in [0.15, 0.2) is 4.34 Å². The molecule has 1 aliphatic carbocycles. The molecule has 3 rings (SSSR count). The first-order chi connectivity index (χ1) is 12.9. The maximum atomic E-state index is 12.9. The van der Waals surface area contributed by atoms with Crippen LogP contribution in [0.4, 0.5) is 5.13 Å². The quantitative estimate of drug-likeness (QED) is 0.528. The monoisotopic (exact) mass is 429 g/mol. The van der Waals surface area contributed by atoms with Crippen LogP contribution in [-0.4, -0.2) is 44.6 Å². The number of esters is 1. The largest absolute Gasteiger partial charge is 0.495 e. The first-order valence-electron chi connectivity index (χ1n) is 8.18. The van der Waals surface area contributed by atoms with E-state index in [1.165, 1.54) is 14.2 Å². The second-order valence-corrected chi connectivity index (χ2v) is 9.67. The van der Waals surface area contributed by atoms with Gasteiger partial charge in [-0.25, -0.2) is 8.42 Å². The second kappa shape index (κ2) is 8.44. The number of hydrogen-bond acceptors (Lipinski definition) is 9. The molecule has 0 radical (unpaired) electrons. The maximum absolute atomic E-state index is 12.9. The molecular formula is C16H19N3O5S3. The molecule has 0 bridgehead atoms. The van der Waals surface area contributed by atoms with E-state index in [1.54, 1.807) is 12.1 Å². The van der Waals surface area contributed by atoms with E-state index >= 15 is 0 Å². The molecule has 146 valence electrons. The van der Waals surface area contributed by atoms with Crippen LogP contribution in [-0.2, 0) is 32.4 Å². The number of hydrogen-bond donors (Lipinski definition) is 1. The molecule has 27 heavy (non-hydrogen) atoms. The molecule has 0 amide bonds. The minimum absolute atomic E-state index is 0.0799. The lowest BCUT2D eigenvalue weighted by atomic mass is 9.92. The Morgan fingerprint density at radius 1 is 1.22 bits per heavy atom. The number of carbonyl (C=O) groups is 1. The Morgan fingerprint density at radius 3 is 2.59 bits per heavy atom. The molecule has 0 spiro atoms. The summed E-state index contributed by atoms with van der Waals surface area (Å²) in [7, 11) is -1.13. The van der Waals surface area contributed by atoms with Gasteiger partial charge in [0.1, 0.15) is 10.6 Å². The van der Waals surface area contributed by atoms with Gasteiger partial charge in [-0.1, -0.05) is 23.1 Å². The van der Waals surface area contributed by atoms with Gasteiger partial charge >= 0.3 is 5.97 Å². The van der Waals surface area contributed by atoms with Gasteiger partial charge < -0.3 is 9.47 Å². The molecule has 1 N–H and O–H groups in total. The van der Waals surface area contributed by atoms with Crippen molar-refractivity contribution in [3.05, 3.63) is 23.3 Å². The fourth-order valence-corrected chi connectivity index (χ4v) is 5.79. The Labute approximate surface area is 165 Å². The molecule has 2 aromatic rings. The number of methoxy groups -OCH3 is 2. The SMILES string of the molecule is COC(=O)CSc1nnc(NS(=O)(=O)c2cc3c(cc2OC)CCCC3)s1. The first-order valence-corrected chi connectivity index (χ1v) is 11.5. The topological polar surface area (TPSA) is 107 Å². The normalized spacial score (nSPS) is 13.7. The van der Waals surface area contributed by atoms with Crippen LogP contribution in [0.3, 0.4) is 0 Å². The first kappa shape index (κ1) is 19.9. The molecule has 0 aliphatic heterocycles. The van der Waals surface area contributed by atoms with Crippen LogP contribution in [0, 0.1) is 0 Å². The van der Waals surface area contributed by atoms with E-state index in [1.807, 2.05) is 0 Å². The van der Waals surface area contributed by atoms with Crippen LogP contribution < -0.4 is 9.46 Å². The lowest BCUT2D eigenvalue weighted by molar-refractivity contribution is -0.137. The lowest BCUT2D eigenvalue weighted by Crippen LogP contribution is -2.15. The van der Waals surface area contributed by atoms with Crippen molar-refractivity contribution in [3.8, 4) is 5.75 Å². The van der Waals surface area contributed by atoms with E-state index in [-0.39, 0.29) is 15.8 Å². The Morgan fingerprint density at radius 2 is 1.93 bits per heavy atom. The van der Waals surface area contributed by atoms with Crippen LogP contribution in [0.2, 0.25) is 0 Å². The van der Waals surface area contributed by atoms with E-state index < -0.39 is 16.0 Å². The number of rotatable bonds is 7. The number of aryl methyl sites for hydroxylation is 2. The third-order valence-electron chi connectivity index (χ3n) is 4.09. The Balaban J connectivity index is 1.81. The van der Waals surface area contributed by atoms with Crippen molar-refractivity contribution in [1.82, 2.24) is 10.2 Å². The lowest BCUT2D eigenvalue weighted by Gasteiger charge is -2.19. The van der Waals surface area contributed by atoms with Gasteiger partial charge in [0, 0.05) is 0 Å². The molecule has 0 unspecified atom stereocenters. The number of thioether (sulfide) groups is 1. The highest BCUT2D eigenvalue weighted by Crippen LogP contribution is 2.34. The Hall–Kier alpha value is -1.85. The molecule has 0 atom stereocenters. The van der Waals surface area contributed by atoms with Crippen LogP contribution in [0.15, 0.2) is 21.4 Å². The van der Waals surface area contributed by atoms with Gasteiger partial charge in [-0.3, -0.25) is 9.52 Å². The zero-order chi connectivity index (χ0) is 19.4. The zero-order valence-electron chi connectivity index (χ0n) is 14.9. The summed E-state index contributed by atoms with van der Waals surface area (Å²) < 4.78 is 38.5. The van der Waals surface area contributed by atoms with Crippen molar-refractivity contribution in [1.29, 1.82) is 0 Å². The Bertz CT molecular complexity index is 943. The number of carbonyl (C=O) groups excluding carboxylic acids is 1. The summed E-state index contributed by atoms with van der Waals surface area (Å²) in [6.45, 7) is 0.